The van der Waals surface area contributed by atoms with Gasteiger partial charge in [-0.1, -0.05) is 159 Å². The van der Waals surface area contributed by atoms with Gasteiger partial charge in [0.2, 0.25) is 0 Å². The summed E-state index contributed by atoms with van der Waals surface area (Å²) in [4.78, 5) is 2.38. The van der Waals surface area contributed by atoms with Crippen LogP contribution in [0.4, 0.5) is 17.1 Å². The van der Waals surface area contributed by atoms with Crippen LogP contribution < -0.4 is 4.90 Å². The second kappa shape index (κ2) is 12.3. The monoisotopic (exact) mass is 679 g/mol. The Morgan fingerprint density at radius 3 is 1.60 bits per heavy atom. The van der Waals surface area contributed by atoms with Crippen molar-refractivity contribution in [3.8, 4) is 44.5 Å². The fraction of sp³-hybridized carbons (Fsp3) is 0.0588. The predicted octanol–water partition coefficient (Wildman–Crippen LogP) is 14.4. The summed E-state index contributed by atoms with van der Waals surface area (Å²) < 4.78 is 6.41. The van der Waals surface area contributed by atoms with Crippen molar-refractivity contribution in [2.45, 2.75) is 19.3 Å². The van der Waals surface area contributed by atoms with Gasteiger partial charge in [0.1, 0.15) is 11.2 Å². The molecule has 0 unspecified atom stereocenters. The van der Waals surface area contributed by atoms with Gasteiger partial charge in [-0.05, 0) is 92.5 Å². The lowest BCUT2D eigenvalue weighted by molar-refractivity contribution is 0.660. The highest BCUT2D eigenvalue weighted by Crippen LogP contribution is 2.50. The van der Waals surface area contributed by atoms with Crippen LogP contribution in [0.2, 0.25) is 0 Å². The van der Waals surface area contributed by atoms with E-state index in [1.54, 1.807) is 0 Å². The van der Waals surface area contributed by atoms with Crippen molar-refractivity contribution in [3.63, 3.8) is 0 Å². The average molecular weight is 680 g/mol. The van der Waals surface area contributed by atoms with E-state index in [0.29, 0.717) is 0 Å². The van der Waals surface area contributed by atoms with Crippen LogP contribution in [0, 0.1) is 0 Å². The minimum atomic E-state index is -0.0987. The molecule has 1 aliphatic carbocycles. The second-order valence-corrected chi connectivity index (χ2v) is 14.6. The Morgan fingerprint density at radius 1 is 0.377 bits per heavy atom. The van der Waals surface area contributed by atoms with Gasteiger partial charge in [0.25, 0.3) is 0 Å². The van der Waals surface area contributed by atoms with E-state index in [1.807, 2.05) is 12.1 Å². The fourth-order valence-electron chi connectivity index (χ4n) is 8.33. The minimum absolute atomic E-state index is 0.0987. The van der Waals surface area contributed by atoms with E-state index in [2.05, 4.69) is 195 Å². The number of hydrogen-bond acceptors (Lipinski definition) is 2. The Balaban J connectivity index is 1.05. The molecular formula is C51H37NO. The Morgan fingerprint density at radius 2 is 0.887 bits per heavy atom. The first-order chi connectivity index (χ1) is 26.0. The molecule has 0 spiro atoms. The van der Waals surface area contributed by atoms with Crippen molar-refractivity contribution in [1.29, 1.82) is 0 Å². The van der Waals surface area contributed by atoms with Gasteiger partial charge in [0, 0.05) is 38.8 Å². The normalized spacial score (nSPS) is 12.9. The number of para-hydroxylation sites is 2. The highest BCUT2D eigenvalue weighted by atomic mass is 16.3. The van der Waals surface area contributed by atoms with Crippen LogP contribution in [0.1, 0.15) is 25.0 Å². The summed E-state index contributed by atoms with van der Waals surface area (Å²) in [6, 6.07) is 67.8. The summed E-state index contributed by atoms with van der Waals surface area (Å²) in [5.41, 5.74) is 17.5. The van der Waals surface area contributed by atoms with E-state index in [0.717, 1.165) is 50.1 Å². The summed E-state index contributed by atoms with van der Waals surface area (Å²) >= 11 is 0. The number of hydrogen-bond donors (Lipinski definition) is 0. The number of furan rings is 1. The molecule has 9 aromatic rings. The van der Waals surface area contributed by atoms with Gasteiger partial charge in [-0.15, -0.1) is 0 Å². The molecule has 10 rings (SSSR count). The molecule has 8 aromatic carbocycles. The topological polar surface area (TPSA) is 16.4 Å². The minimum Gasteiger partial charge on any atom is -0.455 e. The Hall–Kier alpha value is -6.64. The van der Waals surface area contributed by atoms with E-state index in [4.69, 9.17) is 4.42 Å². The maximum atomic E-state index is 6.41. The second-order valence-electron chi connectivity index (χ2n) is 14.6. The largest absolute Gasteiger partial charge is 0.455 e. The zero-order valence-corrected chi connectivity index (χ0v) is 29.8. The molecule has 1 aromatic heterocycles. The molecule has 0 atom stereocenters. The van der Waals surface area contributed by atoms with E-state index in [9.17, 15) is 0 Å². The van der Waals surface area contributed by atoms with Crippen molar-refractivity contribution in [3.05, 3.63) is 199 Å². The molecule has 0 bridgehead atoms. The third-order valence-electron chi connectivity index (χ3n) is 11.1. The molecule has 0 saturated heterocycles. The molecule has 2 heteroatoms. The number of fused-ring (bicyclic) bond motifs is 6. The van der Waals surface area contributed by atoms with Gasteiger partial charge in [0.15, 0.2) is 0 Å². The zero-order valence-electron chi connectivity index (χ0n) is 29.8. The number of nitrogens with zero attached hydrogens (tertiary/aromatic N) is 1. The van der Waals surface area contributed by atoms with Crippen molar-refractivity contribution >= 4 is 39.0 Å². The molecule has 1 aliphatic rings. The van der Waals surface area contributed by atoms with Gasteiger partial charge in [-0.3, -0.25) is 0 Å². The summed E-state index contributed by atoms with van der Waals surface area (Å²) in [5.74, 6) is 0. The number of anilines is 3. The van der Waals surface area contributed by atoms with Crippen molar-refractivity contribution in [1.82, 2.24) is 0 Å². The van der Waals surface area contributed by atoms with Crippen LogP contribution in [0.15, 0.2) is 192 Å². The Bertz CT molecular complexity index is 2770. The van der Waals surface area contributed by atoms with Gasteiger partial charge >= 0.3 is 0 Å². The van der Waals surface area contributed by atoms with Crippen LogP contribution in [0.25, 0.3) is 66.4 Å². The van der Waals surface area contributed by atoms with E-state index in [-0.39, 0.29) is 5.41 Å². The third kappa shape index (κ3) is 5.18. The maximum Gasteiger partial charge on any atom is 0.143 e. The summed E-state index contributed by atoms with van der Waals surface area (Å²) in [6.07, 6.45) is 0. The third-order valence-corrected chi connectivity index (χ3v) is 11.1. The van der Waals surface area contributed by atoms with E-state index >= 15 is 0 Å². The molecule has 0 saturated carbocycles. The van der Waals surface area contributed by atoms with Crippen LogP contribution >= 0.6 is 0 Å². The summed E-state index contributed by atoms with van der Waals surface area (Å²) in [7, 11) is 0. The van der Waals surface area contributed by atoms with E-state index < -0.39 is 0 Å². The van der Waals surface area contributed by atoms with Crippen LogP contribution in [-0.2, 0) is 5.41 Å². The predicted molar refractivity (Wildman–Crippen MR) is 222 cm³/mol. The van der Waals surface area contributed by atoms with Crippen molar-refractivity contribution in [2.75, 3.05) is 4.90 Å². The van der Waals surface area contributed by atoms with Crippen LogP contribution in [-0.4, -0.2) is 0 Å². The Labute approximate surface area is 310 Å². The Kier molecular flexibility index (Phi) is 7.19. The lowest BCUT2D eigenvalue weighted by Crippen LogP contribution is -2.16. The fourth-order valence-corrected chi connectivity index (χ4v) is 8.33. The highest BCUT2D eigenvalue weighted by Gasteiger charge is 2.35. The summed E-state index contributed by atoms with van der Waals surface area (Å²) in [6.45, 7) is 4.69. The quantitative estimate of drug-likeness (QED) is 0.174. The molecule has 0 radical (unpaired) electrons. The molecule has 0 amide bonds. The standard InChI is InChI=1S/C51H37NO/c1-51(2)47-17-8-6-13-43(47)44-32-31-41(33-48(44)51)52(39-27-23-37(24-28-39)36-21-19-35(20-22-36)34-11-4-3-5-12-34)40-29-25-38(26-30-40)42-15-10-16-46-45-14-7-9-18-49(45)53-50(42)46/h3-33H,1-2H3. The highest BCUT2D eigenvalue weighted by molar-refractivity contribution is 6.09. The number of benzene rings is 8. The van der Waals surface area contributed by atoms with Gasteiger partial charge < -0.3 is 9.32 Å². The van der Waals surface area contributed by atoms with Gasteiger partial charge in [-0.2, -0.15) is 0 Å². The first kappa shape index (κ1) is 31.1. The lowest BCUT2D eigenvalue weighted by atomic mass is 9.82. The van der Waals surface area contributed by atoms with Crippen molar-refractivity contribution < 1.29 is 4.42 Å². The van der Waals surface area contributed by atoms with Crippen LogP contribution in [0.3, 0.4) is 0 Å². The first-order valence-electron chi connectivity index (χ1n) is 18.3. The maximum absolute atomic E-state index is 6.41. The lowest BCUT2D eigenvalue weighted by Gasteiger charge is -2.28. The molecular weight excluding hydrogens is 643 g/mol. The van der Waals surface area contributed by atoms with Crippen LogP contribution in [0.5, 0.6) is 0 Å². The average Bonchev–Trinajstić information content (AvgIpc) is 3.71. The number of rotatable bonds is 6. The SMILES string of the molecule is CC1(C)c2ccccc2-c2ccc(N(c3ccc(-c4ccc(-c5ccccc5)cc4)cc3)c3ccc(-c4cccc5c4oc4ccccc45)cc3)cc21. The molecule has 0 N–H and O–H groups in total. The molecule has 0 fully saturated rings. The van der Waals surface area contributed by atoms with E-state index in [1.165, 1.54) is 44.5 Å². The molecule has 252 valence electrons. The molecule has 0 aliphatic heterocycles. The summed E-state index contributed by atoms with van der Waals surface area (Å²) in [5, 5.41) is 2.28. The smallest absolute Gasteiger partial charge is 0.143 e. The zero-order chi connectivity index (χ0) is 35.5. The van der Waals surface area contributed by atoms with Gasteiger partial charge in [0.05, 0.1) is 0 Å². The first-order valence-corrected chi connectivity index (χ1v) is 18.3. The molecule has 53 heavy (non-hydrogen) atoms. The molecule has 2 nitrogen and oxygen atoms in total. The molecule has 1 heterocycles. The van der Waals surface area contributed by atoms with Gasteiger partial charge in [-0.25, -0.2) is 0 Å². The van der Waals surface area contributed by atoms with Crippen molar-refractivity contribution in [2.24, 2.45) is 0 Å².